The van der Waals surface area contributed by atoms with E-state index in [1.807, 2.05) is 0 Å². The summed E-state index contributed by atoms with van der Waals surface area (Å²) in [6.45, 7) is -0.927. The fourth-order valence-corrected chi connectivity index (χ4v) is 2.04. The van der Waals surface area contributed by atoms with Crippen LogP contribution in [-0.4, -0.2) is 18.6 Å². The smallest absolute Gasteiger partial charge is 0.408 e. The van der Waals surface area contributed by atoms with Gasteiger partial charge in [0.15, 0.2) is 6.61 Å². The summed E-state index contributed by atoms with van der Waals surface area (Å²) in [5.74, 6) is -3.15. The number of ether oxygens (including phenoxy) is 1. The van der Waals surface area contributed by atoms with E-state index in [-0.39, 0.29) is 5.56 Å². The number of halogens is 4. The van der Waals surface area contributed by atoms with Crippen LogP contribution in [0.2, 0.25) is 5.02 Å². The Hall–Kier alpha value is -0.880. The first-order valence-corrected chi connectivity index (χ1v) is 5.83. The minimum Gasteiger partial charge on any atom is -0.443 e. The molecule has 0 aromatic heterocycles. The molecular formula is C10H7BrClF2NO2. The number of carbonyl (C=O) groups excluding carboxylic acids is 1. The third kappa shape index (κ3) is 2.52. The van der Waals surface area contributed by atoms with Crippen molar-refractivity contribution >= 4 is 33.6 Å². The first-order chi connectivity index (χ1) is 7.90. The average Bonchev–Trinajstić information content (AvgIpc) is 2.26. The standard InChI is InChI=1S/C10H7BrClF2NO2/c11-6-3-5(1-2-7(6)12)8-10(13,14)4-17-9(16)15-8/h1-3,8H,4H2,(H,15,16)/t8-/m1/s1. The van der Waals surface area contributed by atoms with Gasteiger partial charge in [0, 0.05) is 4.47 Å². The second-order valence-corrected chi connectivity index (χ2v) is 4.85. The average molecular weight is 327 g/mol. The second kappa shape index (κ2) is 4.42. The van der Waals surface area contributed by atoms with Crippen molar-refractivity contribution in [1.29, 1.82) is 0 Å². The molecule has 1 aromatic carbocycles. The Morgan fingerprint density at radius 3 is 2.88 bits per heavy atom. The molecule has 1 aromatic rings. The summed E-state index contributed by atoms with van der Waals surface area (Å²) in [6.07, 6.45) is -0.855. The van der Waals surface area contributed by atoms with Gasteiger partial charge in [0.1, 0.15) is 6.04 Å². The van der Waals surface area contributed by atoms with Crippen LogP contribution in [0.15, 0.2) is 22.7 Å². The normalized spacial score (nSPS) is 22.8. The van der Waals surface area contributed by atoms with Crippen molar-refractivity contribution in [1.82, 2.24) is 5.32 Å². The zero-order valence-corrected chi connectivity index (χ0v) is 10.7. The zero-order valence-electron chi connectivity index (χ0n) is 8.34. The molecule has 0 saturated carbocycles. The van der Waals surface area contributed by atoms with Gasteiger partial charge in [-0.2, -0.15) is 0 Å². The highest BCUT2D eigenvalue weighted by molar-refractivity contribution is 9.10. The minimum atomic E-state index is -3.15. The van der Waals surface area contributed by atoms with Crippen LogP contribution in [0.25, 0.3) is 0 Å². The number of alkyl carbamates (subject to hydrolysis) is 1. The van der Waals surface area contributed by atoms with Gasteiger partial charge in [0.05, 0.1) is 5.02 Å². The third-order valence-electron chi connectivity index (χ3n) is 2.36. The molecule has 7 heteroatoms. The number of carbonyl (C=O) groups is 1. The Labute approximate surface area is 109 Å². The number of benzene rings is 1. The fourth-order valence-electron chi connectivity index (χ4n) is 1.53. The number of amides is 1. The summed E-state index contributed by atoms with van der Waals surface area (Å²) < 4.78 is 31.9. The van der Waals surface area contributed by atoms with Gasteiger partial charge in [-0.3, -0.25) is 0 Å². The van der Waals surface area contributed by atoms with Crippen LogP contribution in [0.5, 0.6) is 0 Å². The summed E-state index contributed by atoms with van der Waals surface area (Å²) in [4.78, 5) is 11.0. The Morgan fingerprint density at radius 1 is 1.53 bits per heavy atom. The topological polar surface area (TPSA) is 38.3 Å². The molecule has 0 radical (unpaired) electrons. The lowest BCUT2D eigenvalue weighted by molar-refractivity contribution is -0.104. The molecule has 1 fully saturated rings. The van der Waals surface area contributed by atoms with Crippen molar-refractivity contribution in [3.63, 3.8) is 0 Å². The summed E-state index contributed by atoms with van der Waals surface area (Å²) in [5.41, 5.74) is 0.267. The van der Waals surface area contributed by atoms with E-state index < -0.39 is 24.7 Å². The van der Waals surface area contributed by atoms with E-state index in [2.05, 4.69) is 26.0 Å². The number of cyclic esters (lactones) is 1. The van der Waals surface area contributed by atoms with Crippen LogP contribution in [0.3, 0.4) is 0 Å². The van der Waals surface area contributed by atoms with E-state index in [9.17, 15) is 13.6 Å². The number of alkyl halides is 2. The molecule has 17 heavy (non-hydrogen) atoms. The van der Waals surface area contributed by atoms with Crippen molar-refractivity contribution in [3.05, 3.63) is 33.3 Å². The van der Waals surface area contributed by atoms with Gasteiger partial charge in [-0.15, -0.1) is 0 Å². The van der Waals surface area contributed by atoms with E-state index in [0.29, 0.717) is 9.50 Å². The van der Waals surface area contributed by atoms with E-state index >= 15 is 0 Å². The molecule has 0 aliphatic carbocycles. The van der Waals surface area contributed by atoms with Gasteiger partial charge < -0.3 is 10.1 Å². The molecule has 1 aliphatic heterocycles. The van der Waals surface area contributed by atoms with Gasteiger partial charge in [-0.1, -0.05) is 17.7 Å². The maximum absolute atomic E-state index is 13.6. The maximum Gasteiger partial charge on any atom is 0.408 e. The lowest BCUT2D eigenvalue weighted by Crippen LogP contribution is -2.49. The van der Waals surface area contributed by atoms with Gasteiger partial charge in [0.2, 0.25) is 0 Å². The third-order valence-corrected chi connectivity index (χ3v) is 3.57. The highest BCUT2D eigenvalue weighted by Crippen LogP contribution is 2.36. The molecule has 92 valence electrons. The van der Waals surface area contributed by atoms with Gasteiger partial charge in [-0.25, -0.2) is 13.6 Å². The Bertz CT molecular complexity index is 470. The van der Waals surface area contributed by atoms with E-state index in [1.165, 1.54) is 18.2 Å². The van der Waals surface area contributed by atoms with Crippen molar-refractivity contribution in [2.75, 3.05) is 6.61 Å². The molecule has 1 amide bonds. The number of hydrogen-bond acceptors (Lipinski definition) is 2. The highest BCUT2D eigenvalue weighted by Gasteiger charge is 2.46. The molecule has 0 spiro atoms. The molecule has 1 heterocycles. The van der Waals surface area contributed by atoms with Crippen molar-refractivity contribution < 1.29 is 18.3 Å². The Kier molecular flexibility index (Phi) is 3.27. The number of nitrogens with one attached hydrogen (secondary N) is 1. The fraction of sp³-hybridized carbons (Fsp3) is 0.300. The lowest BCUT2D eigenvalue weighted by Gasteiger charge is -2.31. The second-order valence-electron chi connectivity index (χ2n) is 3.59. The summed E-state index contributed by atoms with van der Waals surface area (Å²) in [6, 6.07) is 2.97. The van der Waals surface area contributed by atoms with Crippen LogP contribution >= 0.6 is 27.5 Å². The van der Waals surface area contributed by atoms with Gasteiger partial charge >= 0.3 is 12.0 Å². The van der Waals surface area contributed by atoms with Crippen LogP contribution in [0.4, 0.5) is 13.6 Å². The van der Waals surface area contributed by atoms with Crippen molar-refractivity contribution in [2.45, 2.75) is 12.0 Å². The largest absolute Gasteiger partial charge is 0.443 e. The lowest BCUT2D eigenvalue weighted by atomic mass is 10.0. The number of hydrogen-bond donors (Lipinski definition) is 1. The predicted octanol–water partition coefficient (Wildman–Crippen LogP) is 3.52. The predicted molar refractivity (Wildman–Crippen MR) is 61.3 cm³/mol. The molecule has 0 unspecified atom stereocenters. The molecule has 3 nitrogen and oxygen atoms in total. The molecule has 1 atom stereocenters. The Balaban J connectivity index is 2.36. The Morgan fingerprint density at radius 2 is 2.24 bits per heavy atom. The number of rotatable bonds is 1. The SMILES string of the molecule is O=C1N[C@H](c2ccc(Cl)c(Br)c2)C(F)(F)CO1. The highest BCUT2D eigenvalue weighted by atomic mass is 79.9. The monoisotopic (exact) mass is 325 g/mol. The zero-order chi connectivity index (χ0) is 12.6. The van der Waals surface area contributed by atoms with E-state index in [1.54, 1.807) is 0 Å². The summed E-state index contributed by atoms with van der Waals surface area (Å²) in [7, 11) is 0. The van der Waals surface area contributed by atoms with Gasteiger partial charge in [0.25, 0.3) is 0 Å². The summed E-state index contributed by atoms with van der Waals surface area (Å²) in [5, 5.41) is 2.51. The first-order valence-electron chi connectivity index (χ1n) is 4.66. The van der Waals surface area contributed by atoms with Crippen LogP contribution < -0.4 is 5.32 Å². The molecule has 0 bridgehead atoms. The van der Waals surface area contributed by atoms with Crippen LogP contribution in [0, 0.1) is 0 Å². The van der Waals surface area contributed by atoms with Crippen molar-refractivity contribution in [2.24, 2.45) is 0 Å². The molecule has 1 aliphatic rings. The van der Waals surface area contributed by atoms with Crippen molar-refractivity contribution in [3.8, 4) is 0 Å². The van der Waals surface area contributed by atoms with E-state index in [4.69, 9.17) is 11.6 Å². The van der Waals surface area contributed by atoms with Crippen LogP contribution in [0.1, 0.15) is 11.6 Å². The van der Waals surface area contributed by atoms with Gasteiger partial charge in [-0.05, 0) is 33.6 Å². The maximum atomic E-state index is 13.6. The molecule has 2 rings (SSSR count). The molecule has 1 N–H and O–H groups in total. The van der Waals surface area contributed by atoms with Crippen LogP contribution in [-0.2, 0) is 4.74 Å². The first kappa shape index (κ1) is 12.6. The minimum absolute atomic E-state index is 0.267. The molecule has 1 saturated heterocycles. The quantitative estimate of drug-likeness (QED) is 0.857. The summed E-state index contributed by atoms with van der Waals surface area (Å²) >= 11 is 8.92. The molecular weight excluding hydrogens is 319 g/mol. The van der Waals surface area contributed by atoms with E-state index in [0.717, 1.165) is 0 Å².